The lowest BCUT2D eigenvalue weighted by Crippen LogP contribution is -2.49. The van der Waals surface area contributed by atoms with E-state index in [4.69, 9.17) is 0 Å². The van der Waals surface area contributed by atoms with Gasteiger partial charge in [-0.1, -0.05) is 57.5 Å². The van der Waals surface area contributed by atoms with Gasteiger partial charge in [-0.25, -0.2) is 8.42 Å². The number of rotatable bonds is 8. The van der Waals surface area contributed by atoms with E-state index in [-0.39, 0.29) is 41.8 Å². The summed E-state index contributed by atoms with van der Waals surface area (Å²) >= 11 is 0. The Hall–Kier alpha value is -2.71. The molecule has 3 rings (SSSR count). The highest BCUT2D eigenvalue weighted by atomic mass is 32.2. The van der Waals surface area contributed by atoms with E-state index in [1.807, 2.05) is 13.8 Å². The topological polar surface area (TPSA) is 86.8 Å². The molecule has 1 fully saturated rings. The minimum absolute atomic E-state index is 0.0598. The molecule has 0 bridgehead atoms. The van der Waals surface area contributed by atoms with Crippen molar-refractivity contribution in [2.24, 2.45) is 5.92 Å². The van der Waals surface area contributed by atoms with E-state index in [1.54, 1.807) is 17.0 Å². The minimum atomic E-state index is -3.76. The molecule has 2 aromatic carbocycles. The van der Waals surface area contributed by atoms with Crippen LogP contribution in [0.5, 0.6) is 0 Å². The van der Waals surface area contributed by atoms with Crippen molar-refractivity contribution in [2.75, 3.05) is 26.2 Å². The fourth-order valence-electron chi connectivity index (χ4n) is 4.23. The predicted molar refractivity (Wildman–Crippen MR) is 133 cm³/mol. The SMILES string of the molecule is CCCc1ccc([C@H](NC(=O)c2cccc(S(=O)(=O)N3CCN(C(C)=O)CC3)c2)C(C)C)cc1. The predicted octanol–water partition coefficient (Wildman–Crippen LogP) is 3.62. The maximum absolute atomic E-state index is 13.2. The molecule has 0 unspecified atom stereocenters. The number of sulfonamides is 1. The molecule has 1 aliphatic heterocycles. The average molecular weight is 486 g/mol. The van der Waals surface area contributed by atoms with E-state index < -0.39 is 10.0 Å². The Balaban J connectivity index is 1.76. The molecule has 184 valence electrons. The number of aryl methyl sites for hydroxylation is 1. The van der Waals surface area contributed by atoms with Crippen molar-refractivity contribution in [3.05, 3.63) is 65.2 Å². The standard InChI is InChI=1S/C26H35N3O4S/c1-5-7-21-10-12-22(13-11-21)25(19(2)3)27-26(31)23-8-6-9-24(18-23)34(32,33)29-16-14-28(15-17-29)20(4)30/h6,8-13,18-19,25H,5,7,14-17H2,1-4H3,(H,27,31)/t25-/m1/s1. The van der Waals surface area contributed by atoms with Crippen LogP contribution in [0.1, 0.15) is 61.6 Å². The highest BCUT2D eigenvalue weighted by Gasteiger charge is 2.30. The van der Waals surface area contributed by atoms with E-state index in [2.05, 4.69) is 36.5 Å². The second-order valence-corrected chi connectivity index (χ2v) is 11.1. The first kappa shape index (κ1) is 25.9. The summed E-state index contributed by atoms with van der Waals surface area (Å²) in [6.45, 7) is 8.92. The summed E-state index contributed by atoms with van der Waals surface area (Å²) in [7, 11) is -3.76. The first-order valence-electron chi connectivity index (χ1n) is 11.9. The van der Waals surface area contributed by atoms with Crippen LogP contribution in [-0.4, -0.2) is 55.6 Å². The van der Waals surface area contributed by atoms with Gasteiger partial charge in [0.1, 0.15) is 0 Å². The molecule has 1 atom stereocenters. The monoisotopic (exact) mass is 485 g/mol. The van der Waals surface area contributed by atoms with Crippen LogP contribution in [0, 0.1) is 5.92 Å². The van der Waals surface area contributed by atoms with E-state index in [1.165, 1.54) is 28.9 Å². The third kappa shape index (κ3) is 6.04. The quantitative estimate of drug-likeness (QED) is 0.619. The van der Waals surface area contributed by atoms with Crippen molar-refractivity contribution in [3.8, 4) is 0 Å². The van der Waals surface area contributed by atoms with Crippen LogP contribution in [0.4, 0.5) is 0 Å². The van der Waals surface area contributed by atoms with Gasteiger partial charge in [0.05, 0.1) is 10.9 Å². The number of benzene rings is 2. The molecule has 0 radical (unpaired) electrons. The minimum Gasteiger partial charge on any atom is -0.345 e. The molecule has 1 N–H and O–H groups in total. The van der Waals surface area contributed by atoms with Crippen molar-refractivity contribution in [1.29, 1.82) is 0 Å². The van der Waals surface area contributed by atoms with E-state index in [9.17, 15) is 18.0 Å². The van der Waals surface area contributed by atoms with Gasteiger partial charge in [0, 0.05) is 38.7 Å². The zero-order valence-electron chi connectivity index (χ0n) is 20.5. The van der Waals surface area contributed by atoms with Gasteiger partial charge >= 0.3 is 0 Å². The molecule has 2 amide bonds. The molecule has 0 spiro atoms. The summed E-state index contributed by atoms with van der Waals surface area (Å²) in [6.07, 6.45) is 2.10. The number of hydrogen-bond donors (Lipinski definition) is 1. The lowest BCUT2D eigenvalue weighted by molar-refractivity contribution is -0.129. The molecule has 1 heterocycles. The maximum Gasteiger partial charge on any atom is 0.251 e. The molecule has 1 aliphatic rings. The highest BCUT2D eigenvalue weighted by molar-refractivity contribution is 7.89. The molecule has 7 nitrogen and oxygen atoms in total. The number of carbonyl (C=O) groups excluding carboxylic acids is 2. The number of nitrogens with one attached hydrogen (secondary N) is 1. The molecule has 0 aliphatic carbocycles. The Bertz CT molecular complexity index is 1110. The van der Waals surface area contributed by atoms with Gasteiger partial charge in [0.25, 0.3) is 5.91 Å². The van der Waals surface area contributed by atoms with Crippen LogP contribution in [0.2, 0.25) is 0 Å². The van der Waals surface area contributed by atoms with Gasteiger partial charge in [-0.3, -0.25) is 9.59 Å². The summed E-state index contributed by atoms with van der Waals surface area (Å²) in [5.74, 6) is -0.212. The van der Waals surface area contributed by atoms with Gasteiger partial charge in [0.2, 0.25) is 15.9 Å². The maximum atomic E-state index is 13.2. The molecule has 0 aromatic heterocycles. The number of hydrogen-bond acceptors (Lipinski definition) is 4. The van der Waals surface area contributed by atoms with Crippen LogP contribution in [-0.2, 0) is 21.2 Å². The average Bonchev–Trinajstić information content (AvgIpc) is 2.83. The molecule has 34 heavy (non-hydrogen) atoms. The van der Waals surface area contributed by atoms with Crippen molar-refractivity contribution in [1.82, 2.24) is 14.5 Å². The van der Waals surface area contributed by atoms with Gasteiger partial charge in [-0.2, -0.15) is 4.31 Å². The van der Waals surface area contributed by atoms with Gasteiger partial charge in [-0.05, 0) is 41.7 Å². The van der Waals surface area contributed by atoms with Crippen molar-refractivity contribution < 1.29 is 18.0 Å². The second-order valence-electron chi connectivity index (χ2n) is 9.12. The Kier molecular flexibility index (Phi) is 8.49. The third-order valence-corrected chi connectivity index (χ3v) is 8.14. The Labute approximate surface area is 203 Å². The summed E-state index contributed by atoms with van der Waals surface area (Å²) in [5.41, 5.74) is 2.59. The summed E-state index contributed by atoms with van der Waals surface area (Å²) in [6, 6.07) is 14.3. The molecule has 8 heteroatoms. The fourth-order valence-corrected chi connectivity index (χ4v) is 5.70. The van der Waals surface area contributed by atoms with Crippen molar-refractivity contribution in [3.63, 3.8) is 0 Å². The Morgan fingerprint density at radius 1 is 1.00 bits per heavy atom. The summed E-state index contributed by atoms with van der Waals surface area (Å²) in [4.78, 5) is 26.4. The lowest BCUT2D eigenvalue weighted by Gasteiger charge is -2.33. The van der Waals surface area contributed by atoms with Crippen LogP contribution >= 0.6 is 0 Å². The van der Waals surface area contributed by atoms with Gasteiger partial charge in [-0.15, -0.1) is 0 Å². The van der Waals surface area contributed by atoms with E-state index in [0.717, 1.165) is 18.4 Å². The molecule has 1 saturated heterocycles. The Morgan fingerprint density at radius 3 is 2.21 bits per heavy atom. The lowest BCUT2D eigenvalue weighted by atomic mass is 9.94. The summed E-state index contributed by atoms with van der Waals surface area (Å²) in [5, 5.41) is 3.09. The van der Waals surface area contributed by atoms with E-state index >= 15 is 0 Å². The molecule has 2 aromatic rings. The zero-order valence-corrected chi connectivity index (χ0v) is 21.3. The number of nitrogens with zero attached hydrogens (tertiary/aromatic N) is 2. The Morgan fingerprint density at radius 2 is 1.65 bits per heavy atom. The fraction of sp³-hybridized carbons (Fsp3) is 0.462. The number of amides is 2. The van der Waals surface area contributed by atoms with Crippen LogP contribution in [0.3, 0.4) is 0 Å². The van der Waals surface area contributed by atoms with Crippen LogP contribution < -0.4 is 5.32 Å². The first-order chi connectivity index (χ1) is 16.1. The first-order valence-corrected chi connectivity index (χ1v) is 13.3. The summed E-state index contributed by atoms with van der Waals surface area (Å²) < 4.78 is 27.7. The van der Waals surface area contributed by atoms with Gasteiger partial charge in [0.15, 0.2) is 0 Å². The largest absolute Gasteiger partial charge is 0.345 e. The van der Waals surface area contributed by atoms with Crippen LogP contribution in [0.15, 0.2) is 53.4 Å². The second kappa shape index (κ2) is 11.1. The number of carbonyl (C=O) groups is 2. The number of piperazine rings is 1. The third-order valence-electron chi connectivity index (χ3n) is 6.25. The van der Waals surface area contributed by atoms with Crippen LogP contribution in [0.25, 0.3) is 0 Å². The smallest absolute Gasteiger partial charge is 0.251 e. The molecule has 0 saturated carbocycles. The van der Waals surface area contributed by atoms with Gasteiger partial charge < -0.3 is 10.2 Å². The van der Waals surface area contributed by atoms with E-state index in [0.29, 0.717) is 18.7 Å². The molecular weight excluding hydrogens is 450 g/mol. The molecular formula is C26H35N3O4S. The zero-order chi connectivity index (χ0) is 24.9. The normalized spacial score (nSPS) is 15.9. The highest BCUT2D eigenvalue weighted by Crippen LogP contribution is 2.24. The van der Waals surface area contributed by atoms with Crippen molar-refractivity contribution >= 4 is 21.8 Å². The van der Waals surface area contributed by atoms with Crippen molar-refractivity contribution in [2.45, 2.75) is 51.5 Å².